The quantitative estimate of drug-likeness (QED) is 0.703. The second-order valence-electron chi connectivity index (χ2n) is 3.91. The van der Waals surface area contributed by atoms with E-state index in [-0.39, 0.29) is 11.9 Å². The standard InChI is InChI=1S/C12H15NO2/c1-8-3-4-9-6-13-7-11(10(9)5-8)12(14)15-2/h3-5,11,13H,6-7H2,1-2H3. The van der Waals surface area contributed by atoms with Crippen molar-refractivity contribution in [2.24, 2.45) is 0 Å². The van der Waals surface area contributed by atoms with E-state index in [0.717, 1.165) is 12.1 Å². The molecule has 3 nitrogen and oxygen atoms in total. The van der Waals surface area contributed by atoms with E-state index in [1.807, 2.05) is 6.92 Å². The van der Waals surface area contributed by atoms with Crippen LogP contribution in [0.2, 0.25) is 0 Å². The molecule has 1 aliphatic rings. The maximum atomic E-state index is 11.6. The third-order valence-electron chi connectivity index (χ3n) is 2.83. The van der Waals surface area contributed by atoms with Crippen LogP contribution in [0, 0.1) is 6.92 Å². The molecule has 0 aliphatic carbocycles. The lowest BCUT2D eigenvalue weighted by Gasteiger charge is -2.24. The van der Waals surface area contributed by atoms with Crippen LogP contribution in [0.25, 0.3) is 0 Å². The molecule has 0 saturated carbocycles. The van der Waals surface area contributed by atoms with Crippen molar-refractivity contribution < 1.29 is 9.53 Å². The number of nitrogens with one attached hydrogen (secondary N) is 1. The number of ether oxygens (including phenoxy) is 1. The Morgan fingerprint density at radius 2 is 2.33 bits per heavy atom. The highest BCUT2D eigenvalue weighted by Crippen LogP contribution is 2.25. The Hall–Kier alpha value is -1.35. The maximum Gasteiger partial charge on any atom is 0.314 e. The highest BCUT2D eigenvalue weighted by Gasteiger charge is 2.26. The molecule has 0 fully saturated rings. The first kappa shape index (κ1) is 10.2. The summed E-state index contributed by atoms with van der Waals surface area (Å²) in [7, 11) is 1.44. The summed E-state index contributed by atoms with van der Waals surface area (Å²) < 4.78 is 4.81. The normalized spacial score (nSPS) is 19.5. The van der Waals surface area contributed by atoms with E-state index in [0.29, 0.717) is 6.54 Å². The predicted molar refractivity (Wildman–Crippen MR) is 57.6 cm³/mol. The number of carbonyl (C=O) groups excluding carboxylic acids is 1. The van der Waals surface area contributed by atoms with Gasteiger partial charge in [0.1, 0.15) is 0 Å². The minimum absolute atomic E-state index is 0.154. The zero-order valence-electron chi connectivity index (χ0n) is 9.04. The third-order valence-corrected chi connectivity index (χ3v) is 2.83. The Morgan fingerprint density at radius 3 is 3.07 bits per heavy atom. The number of fused-ring (bicyclic) bond motifs is 1. The van der Waals surface area contributed by atoms with Gasteiger partial charge in [0.15, 0.2) is 0 Å². The van der Waals surface area contributed by atoms with Gasteiger partial charge in [-0.05, 0) is 18.1 Å². The molecule has 0 saturated heterocycles. The van der Waals surface area contributed by atoms with Crippen LogP contribution in [0.1, 0.15) is 22.6 Å². The second-order valence-corrected chi connectivity index (χ2v) is 3.91. The number of hydrogen-bond acceptors (Lipinski definition) is 3. The summed E-state index contributed by atoms with van der Waals surface area (Å²) in [6, 6.07) is 6.23. The van der Waals surface area contributed by atoms with Crippen LogP contribution < -0.4 is 5.32 Å². The fraction of sp³-hybridized carbons (Fsp3) is 0.417. The van der Waals surface area contributed by atoms with E-state index in [1.54, 1.807) is 0 Å². The minimum Gasteiger partial charge on any atom is -0.469 e. The van der Waals surface area contributed by atoms with Gasteiger partial charge in [0.05, 0.1) is 13.0 Å². The summed E-state index contributed by atoms with van der Waals surface area (Å²) in [6.07, 6.45) is 0. The molecular formula is C12H15NO2. The largest absolute Gasteiger partial charge is 0.469 e. The SMILES string of the molecule is COC(=O)C1CNCc2ccc(C)cc21. The van der Waals surface area contributed by atoms with Gasteiger partial charge < -0.3 is 10.1 Å². The Labute approximate surface area is 89.4 Å². The molecule has 0 radical (unpaired) electrons. The van der Waals surface area contributed by atoms with Gasteiger partial charge in [0, 0.05) is 13.1 Å². The summed E-state index contributed by atoms with van der Waals surface area (Å²) in [6.45, 7) is 3.54. The van der Waals surface area contributed by atoms with Crippen molar-refractivity contribution in [3.05, 3.63) is 34.9 Å². The molecule has 1 heterocycles. The number of carbonyl (C=O) groups is 1. The zero-order valence-corrected chi connectivity index (χ0v) is 9.04. The summed E-state index contributed by atoms with van der Waals surface area (Å²) in [5.41, 5.74) is 3.49. The molecule has 3 heteroatoms. The second kappa shape index (κ2) is 4.03. The number of methoxy groups -OCH3 is 1. The molecule has 1 atom stereocenters. The van der Waals surface area contributed by atoms with Crippen molar-refractivity contribution in [2.45, 2.75) is 19.4 Å². The van der Waals surface area contributed by atoms with E-state index in [1.165, 1.54) is 18.2 Å². The van der Waals surface area contributed by atoms with Crippen LogP contribution >= 0.6 is 0 Å². The first-order valence-corrected chi connectivity index (χ1v) is 5.10. The van der Waals surface area contributed by atoms with E-state index in [9.17, 15) is 4.79 Å². The van der Waals surface area contributed by atoms with Crippen LogP contribution in [-0.4, -0.2) is 19.6 Å². The summed E-state index contributed by atoms with van der Waals surface area (Å²) in [5.74, 6) is -0.312. The number of rotatable bonds is 1. The Bertz CT molecular complexity index is 387. The van der Waals surface area contributed by atoms with Gasteiger partial charge >= 0.3 is 5.97 Å². The summed E-state index contributed by atoms with van der Waals surface area (Å²) in [4.78, 5) is 11.6. The highest BCUT2D eigenvalue weighted by molar-refractivity contribution is 5.79. The van der Waals surface area contributed by atoms with Crippen molar-refractivity contribution in [3.63, 3.8) is 0 Å². The lowest BCUT2D eigenvalue weighted by molar-refractivity contribution is -0.142. The molecule has 0 amide bonds. The predicted octanol–water partition coefficient (Wildman–Crippen LogP) is 1.35. The smallest absolute Gasteiger partial charge is 0.314 e. The first-order chi connectivity index (χ1) is 7.22. The van der Waals surface area contributed by atoms with Crippen LogP contribution in [0.5, 0.6) is 0 Å². The molecule has 80 valence electrons. The van der Waals surface area contributed by atoms with Gasteiger partial charge in [-0.1, -0.05) is 23.8 Å². The van der Waals surface area contributed by atoms with E-state index >= 15 is 0 Å². The highest BCUT2D eigenvalue weighted by atomic mass is 16.5. The van der Waals surface area contributed by atoms with E-state index < -0.39 is 0 Å². The molecule has 15 heavy (non-hydrogen) atoms. The summed E-state index contributed by atoms with van der Waals surface area (Å²) in [5, 5.41) is 3.22. The molecule has 2 rings (SSSR count). The first-order valence-electron chi connectivity index (χ1n) is 5.10. The van der Waals surface area contributed by atoms with Crippen molar-refractivity contribution in [1.29, 1.82) is 0 Å². The topological polar surface area (TPSA) is 38.3 Å². The molecule has 0 spiro atoms. The van der Waals surface area contributed by atoms with Gasteiger partial charge in [0.2, 0.25) is 0 Å². The van der Waals surface area contributed by atoms with Crippen molar-refractivity contribution >= 4 is 5.97 Å². The molecule has 1 unspecified atom stereocenters. The number of benzene rings is 1. The van der Waals surface area contributed by atoms with Crippen molar-refractivity contribution in [2.75, 3.05) is 13.7 Å². The van der Waals surface area contributed by atoms with Gasteiger partial charge in [-0.2, -0.15) is 0 Å². The van der Waals surface area contributed by atoms with Gasteiger partial charge in [-0.15, -0.1) is 0 Å². The molecule has 0 bridgehead atoms. The monoisotopic (exact) mass is 205 g/mol. The Balaban J connectivity index is 2.40. The van der Waals surface area contributed by atoms with E-state index in [2.05, 4.69) is 23.5 Å². The Kier molecular flexibility index (Phi) is 2.73. The minimum atomic E-state index is -0.158. The molecule has 1 N–H and O–H groups in total. The number of esters is 1. The van der Waals surface area contributed by atoms with Crippen LogP contribution in [0.15, 0.2) is 18.2 Å². The Morgan fingerprint density at radius 1 is 1.53 bits per heavy atom. The van der Waals surface area contributed by atoms with Crippen LogP contribution in [0.3, 0.4) is 0 Å². The molecule has 1 aromatic carbocycles. The molecular weight excluding hydrogens is 190 g/mol. The molecule has 1 aliphatic heterocycles. The molecule has 1 aromatic rings. The lowest BCUT2D eigenvalue weighted by atomic mass is 9.89. The van der Waals surface area contributed by atoms with E-state index in [4.69, 9.17) is 4.74 Å². The third kappa shape index (κ3) is 1.88. The molecule has 0 aromatic heterocycles. The van der Waals surface area contributed by atoms with Gasteiger partial charge in [0.25, 0.3) is 0 Å². The zero-order chi connectivity index (χ0) is 10.8. The lowest BCUT2D eigenvalue weighted by Crippen LogP contribution is -2.33. The van der Waals surface area contributed by atoms with Crippen molar-refractivity contribution in [1.82, 2.24) is 5.32 Å². The number of aryl methyl sites for hydroxylation is 1. The fourth-order valence-electron chi connectivity index (χ4n) is 2.01. The van der Waals surface area contributed by atoms with Gasteiger partial charge in [-0.3, -0.25) is 4.79 Å². The van der Waals surface area contributed by atoms with Crippen LogP contribution in [0.4, 0.5) is 0 Å². The maximum absolute atomic E-state index is 11.6. The number of hydrogen-bond donors (Lipinski definition) is 1. The van der Waals surface area contributed by atoms with Crippen LogP contribution in [-0.2, 0) is 16.1 Å². The fourth-order valence-corrected chi connectivity index (χ4v) is 2.01. The summed E-state index contributed by atoms with van der Waals surface area (Å²) >= 11 is 0. The average molecular weight is 205 g/mol. The van der Waals surface area contributed by atoms with Crippen molar-refractivity contribution in [3.8, 4) is 0 Å². The average Bonchev–Trinajstić information content (AvgIpc) is 2.27. The van der Waals surface area contributed by atoms with Gasteiger partial charge in [-0.25, -0.2) is 0 Å².